The van der Waals surface area contributed by atoms with Gasteiger partial charge in [-0.05, 0) is 43.4 Å². The second-order valence-electron chi connectivity index (χ2n) is 6.92. The van der Waals surface area contributed by atoms with Crippen LogP contribution in [0.25, 0.3) is 0 Å². The van der Waals surface area contributed by atoms with E-state index in [1.54, 1.807) is 0 Å². The van der Waals surface area contributed by atoms with Crippen molar-refractivity contribution in [3.8, 4) is 0 Å². The summed E-state index contributed by atoms with van der Waals surface area (Å²) >= 11 is 1.32. The molecular formula is C20H21N3O7S. The zero-order valence-electron chi connectivity index (χ0n) is 16.8. The van der Waals surface area contributed by atoms with E-state index in [2.05, 4.69) is 5.32 Å². The van der Waals surface area contributed by atoms with Crippen molar-refractivity contribution >= 4 is 45.6 Å². The van der Waals surface area contributed by atoms with Gasteiger partial charge in [-0.25, -0.2) is 9.59 Å². The summed E-state index contributed by atoms with van der Waals surface area (Å²) in [5, 5.41) is 13.9. The number of nitrogens with two attached hydrogens (primary N) is 1. The highest BCUT2D eigenvalue weighted by molar-refractivity contribution is 7.17. The van der Waals surface area contributed by atoms with Crippen molar-refractivity contribution in [3.63, 3.8) is 0 Å². The van der Waals surface area contributed by atoms with Crippen LogP contribution in [0.5, 0.6) is 0 Å². The third-order valence-corrected chi connectivity index (χ3v) is 6.07. The molecule has 10 nitrogen and oxygen atoms in total. The Morgan fingerprint density at radius 3 is 2.65 bits per heavy atom. The number of nitro benzene ring substituents is 1. The molecule has 0 bridgehead atoms. The van der Waals surface area contributed by atoms with Crippen LogP contribution in [0.1, 0.15) is 50.4 Å². The lowest BCUT2D eigenvalue weighted by molar-refractivity contribution is -0.383. The van der Waals surface area contributed by atoms with Gasteiger partial charge in [0.25, 0.3) is 11.6 Å². The van der Waals surface area contributed by atoms with E-state index in [0.29, 0.717) is 10.6 Å². The van der Waals surface area contributed by atoms with Gasteiger partial charge in [-0.2, -0.15) is 0 Å². The van der Waals surface area contributed by atoms with Gasteiger partial charge in [0.15, 0.2) is 6.61 Å². The number of nitro groups is 1. The van der Waals surface area contributed by atoms with Crippen LogP contribution in [-0.2, 0) is 27.1 Å². The van der Waals surface area contributed by atoms with E-state index in [1.165, 1.54) is 30.6 Å². The molecule has 1 aromatic heterocycles. The first-order chi connectivity index (χ1) is 14.8. The van der Waals surface area contributed by atoms with Gasteiger partial charge in [-0.15, -0.1) is 11.3 Å². The Bertz CT molecular complexity index is 1050. The van der Waals surface area contributed by atoms with Crippen LogP contribution in [0, 0.1) is 10.1 Å². The molecule has 164 valence electrons. The molecule has 3 rings (SSSR count). The van der Waals surface area contributed by atoms with Gasteiger partial charge in [0.05, 0.1) is 23.2 Å². The third-order valence-electron chi connectivity index (χ3n) is 4.86. The lowest BCUT2D eigenvalue weighted by atomic mass is 10.1. The molecule has 0 atom stereocenters. The largest absolute Gasteiger partial charge is 0.465 e. The van der Waals surface area contributed by atoms with Crippen LogP contribution in [-0.4, -0.2) is 36.5 Å². The smallest absolute Gasteiger partial charge is 0.341 e. The number of fused-ring (bicyclic) bond motifs is 1. The van der Waals surface area contributed by atoms with Gasteiger partial charge in [0.2, 0.25) is 0 Å². The second-order valence-corrected chi connectivity index (χ2v) is 8.02. The summed E-state index contributed by atoms with van der Waals surface area (Å²) in [5.74, 6) is -2.07. The highest BCUT2D eigenvalue weighted by Gasteiger charge is 2.26. The Hall–Kier alpha value is -3.47. The van der Waals surface area contributed by atoms with Gasteiger partial charge >= 0.3 is 11.9 Å². The van der Waals surface area contributed by atoms with E-state index in [-0.39, 0.29) is 11.3 Å². The molecule has 0 radical (unpaired) electrons. The quantitative estimate of drug-likeness (QED) is 0.225. The van der Waals surface area contributed by atoms with Crippen molar-refractivity contribution in [3.05, 3.63) is 49.9 Å². The number of carbonyl (C=O) groups excluding carboxylic acids is 3. The van der Waals surface area contributed by atoms with Crippen LogP contribution < -0.4 is 11.1 Å². The van der Waals surface area contributed by atoms with E-state index in [4.69, 9.17) is 15.2 Å². The first-order valence-corrected chi connectivity index (χ1v) is 10.4. The molecule has 0 saturated heterocycles. The number of esters is 2. The van der Waals surface area contributed by atoms with Gasteiger partial charge in [-0.1, -0.05) is 6.42 Å². The number of nitrogen functional groups attached to an aromatic ring is 1. The lowest BCUT2D eigenvalue weighted by Gasteiger charge is -2.08. The molecule has 1 aliphatic rings. The molecule has 1 aromatic carbocycles. The molecule has 0 unspecified atom stereocenters. The lowest BCUT2D eigenvalue weighted by Crippen LogP contribution is -2.21. The van der Waals surface area contributed by atoms with Gasteiger partial charge in [0.1, 0.15) is 10.7 Å². The fourth-order valence-corrected chi connectivity index (χ4v) is 4.65. The average Bonchev–Trinajstić information content (AvgIpc) is 2.91. The van der Waals surface area contributed by atoms with Crippen LogP contribution in [0.4, 0.5) is 16.4 Å². The van der Waals surface area contributed by atoms with Crippen molar-refractivity contribution in [2.24, 2.45) is 0 Å². The summed E-state index contributed by atoms with van der Waals surface area (Å²) in [5.41, 5.74) is 6.13. The maximum atomic E-state index is 12.4. The van der Waals surface area contributed by atoms with Crippen LogP contribution >= 0.6 is 11.3 Å². The molecule has 11 heteroatoms. The number of ether oxygens (including phenoxy) is 2. The second kappa shape index (κ2) is 9.56. The van der Waals surface area contributed by atoms with Crippen LogP contribution in [0.3, 0.4) is 0 Å². The predicted octanol–water partition coefficient (Wildman–Crippen LogP) is 3.09. The summed E-state index contributed by atoms with van der Waals surface area (Å²) in [6.45, 7) is -0.625. The Labute approximate surface area is 181 Å². The third kappa shape index (κ3) is 5.00. The molecule has 3 N–H and O–H groups in total. The molecule has 1 amide bonds. The van der Waals surface area contributed by atoms with Gasteiger partial charge < -0.3 is 20.5 Å². The SMILES string of the molecule is COC(=O)c1c(NC(=O)COC(=O)c2ccc(N)c([N+](=O)[O-])c2)sc2c1CCCCC2. The van der Waals surface area contributed by atoms with E-state index in [9.17, 15) is 24.5 Å². The summed E-state index contributed by atoms with van der Waals surface area (Å²) < 4.78 is 9.85. The standard InChI is InChI=1S/C20H21N3O7S/c1-29-20(26)17-12-5-3-2-4-6-15(12)31-18(17)22-16(24)10-30-19(25)11-7-8-13(21)14(9-11)23(27)28/h7-9H,2-6,10,21H2,1H3,(H,22,24). The minimum absolute atomic E-state index is 0.0907. The zero-order valence-corrected chi connectivity index (χ0v) is 17.6. The maximum absolute atomic E-state index is 12.4. The molecule has 2 aromatic rings. The minimum Gasteiger partial charge on any atom is -0.465 e. The Balaban J connectivity index is 1.70. The number of hydrogen-bond donors (Lipinski definition) is 2. The first-order valence-electron chi connectivity index (χ1n) is 9.55. The highest BCUT2D eigenvalue weighted by Crippen LogP contribution is 2.38. The number of rotatable bonds is 6. The van der Waals surface area contributed by atoms with E-state index in [0.717, 1.165) is 48.6 Å². The number of nitrogens with one attached hydrogen (secondary N) is 1. The monoisotopic (exact) mass is 447 g/mol. The van der Waals surface area contributed by atoms with E-state index >= 15 is 0 Å². The van der Waals surface area contributed by atoms with Crippen LogP contribution in [0.15, 0.2) is 18.2 Å². The minimum atomic E-state index is -0.909. The highest BCUT2D eigenvalue weighted by atomic mass is 32.1. The van der Waals surface area contributed by atoms with Crippen molar-refractivity contribution in [1.82, 2.24) is 0 Å². The summed E-state index contributed by atoms with van der Waals surface area (Å²) in [6.07, 6.45) is 4.59. The first kappa shape index (κ1) is 22.2. The van der Waals surface area contributed by atoms with Crippen molar-refractivity contribution < 1.29 is 28.8 Å². The number of carbonyl (C=O) groups is 3. The Kier molecular flexibility index (Phi) is 6.85. The summed E-state index contributed by atoms with van der Waals surface area (Å²) in [7, 11) is 1.28. The molecule has 0 saturated carbocycles. The number of aryl methyl sites for hydroxylation is 1. The normalized spacial score (nSPS) is 12.9. The number of methoxy groups -OCH3 is 1. The molecule has 1 aliphatic carbocycles. The molecule has 1 heterocycles. The van der Waals surface area contributed by atoms with E-state index < -0.39 is 35.1 Å². The van der Waals surface area contributed by atoms with Gasteiger partial charge in [0, 0.05) is 10.9 Å². The number of amides is 1. The average molecular weight is 447 g/mol. The summed E-state index contributed by atoms with van der Waals surface area (Å²) in [6, 6.07) is 3.48. The fourth-order valence-electron chi connectivity index (χ4n) is 3.35. The maximum Gasteiger partial charge on any atom is 0.341 e. The van der Waals surface area contributed by atoms with Crippen LogP contribution in [0.2, 0.25) is 0 Å². The summed E-state index contributed by atoms with van der Waals surface area (Å²) in [4.78, 5) is 48.1. The predicted molar refractivity (Wildman–Crippen MR) is 113 cm³/mol. The number of hydrogen-bond acceptors (Lipinski definition) is 9. The molecule has 0 spiro atoms. The zero-order chi connectivity index (χ0) is 22.5. The number of nitrogens with zero attached hydrogens (tertiary/aromatic N) is 1. The number of benzene rings is 1. The molecule has 0 aliphatic heterocycles. The van der Waals surface area contributed by atoms with Crippen molar-refractivity contribution in [2.45, 2.75) is 32.1 Å². The number of anilines is 2. The topological polar surface area (TPSA) is 151 Å². The van der Waals surface area contributed by atoms with Crippen molar-refractivity contribution in [1.29, 1.82) is 0 Å². The van der Waals surface area contributed by atoms with E-state index in [1.807, 2.05) is 0 Å². The Morgan fingerprint density at radius 2 is 1.94 bits per heavy atom. The fraction of sp³-hybridized carbons (Fsp3) is 0.350. The van der Waals surface area contributed by atoms with Gasteiger partial charge in [-0.3, -0.25) is 14.9 Å². The number of thiophene rings is 1. The van der Waals surface area contributed by atoms with Crippen molar-refractivity contribution in [2.75, 3.05) is 24.8 Å². The molecule has 0 fully saturated rings. The Morgan fingerprint density at radius 1 is 1.19 bits per heavy atom. The molecule has 31 heavy (non-hydrogen) atoms. The molecular weight excluding hydrogens is 426 g/mol.